The summed E-state index contributed by atoms with van der Waals surface area (Å²) in [6.45, 7) is 8.03. The first kappa shape index (κ1) is 20.7. The van der Waals surface area contributed by atoms with Gasteiger partial charge in [-0.1, -0.05) is 31.5 Å². The summed E-state index contributed by atoms with van der Waals surface area (Å²) in [5.41, 5.74) is 1.30. The van der Waals surface area contributed by atoms with Gasteiger partial charge in [0.2, 0.25) is 0 Å². The molecule has 1 saturated heterocycles. The van der Waals surface area contributed by atoms with Gasteiger partial charge in [-0.05, 0) is 55.5 Å². The number of carbonyl (C=O) groups excluding carboxylic acids is 2. The second-order valence-corrected chi connectivity index (χ2v) is 8.75. The van der Waals surface area contributed by atoms with E-state index in [9.17, 15) is 9.59 Å². The van der Waals surface area contributed by atoms with Crippen molar-refractivity contribution >= 4 is 41.9 Å². The maximum atomic E-state index is 13.2. The number of anilines is 1. The maximum absolute atomic E-state index is 13.2. The molecule has 0 unspecified atom stereocenters. The molecule has 1 aromatic heterocycles. The van der Waals surface area contributed by atoms with E-state index in [1.54, 1.807) is 37.2 Å². The number of carbonyl (C=O) groups is 2. The molecule has 7 heteroatoms. The number of halogens is 1. The third kappa shape index (κ3) is 3.63. The Kier molecular flexibility index (Phi) is 5.73. The molecular formula is C21H24ClN3O2S. The normalized spacial score (nSPS) is 16.4. The highest BCUT2D eigenvalue weighted by molar-refractivity contribution is 7.80. The predicted molar refractivity (Wildman–Crippen MR) is 114 cm³/mol. The van der Waals surface area contributed by atoms with E-state index < -0.39 is 5.54 Å². The third-order valence-corrected chi connectivity index (χ3v) is 5.97. The van der Waals surface area contributed by atoms with Crippen LogP contribution in [-0.4, -0.2) is 27.4 Å². The van der Waals surface area contributed by atoms with Crippen molar-refractivity contribution in [3.8, 4) is 0 Å². The number of thiol groups is 1. The Balaban J connectivity index is 1.98. The lowest BCUT2D eigenvalue weighted by molar-refractivity contribution is -0.123. The molecule has 148 valence electrons. The maximum Gasteiger partial charge on any atom is 0.332 e. The Labute approximate surface area is 176 Å². The number of hydrogen-bond acceptors (Lipinski definition) is 4. The standard InChI is InChI=1S/C21H24ClN3O2S/c1-13(2)11-15-5-6-16(18(28)17(15)22)25-19(26)21(3,4)24(20(25)27)12-14-7-9-23-10-8-14/h5-10,13,28H,11-12H2,1-4H3. The zero-order valence-electron chi connectivity index (χ0n) is 16.4. The highest BCUT2D eigenvalue weighted by atomic mass is 35.5. The van der Waals surface area contributed by atoms with Crippen molar-refractivity contribution in [3.05, 3.63) is 52.8 Å². The zero-order valence-corrected chi connectivity index (χ0v) is 18.1. The highest BCUT2D eigenvalue weighted by Crippen LogP contribution is 2.40. The van der Waals surface area contributed by atoms with Crippen molar-refractivity contribution in [2.24, 2.45) is 5.92 Å². The lowest BCUT2D eigenvalue weighted by Gasteiger charge is -2.27. The van der Waals surface area contributed by atoms with Crippen LogP contribution in [-0.2, 0) is 17.8 Å². The van der Waals surface area contributed by atoms with E-state index in [-0.39, 0.29) is 11.9 Å². The summed E-state index contributed by atoms with van der Waals surface area (Å²) < 4.78 is 0. The molecule has 0 saturated carbocycles. The fraction of sp³-hybridized carbons (Fsp3) is 0.381. The Morgan fingerprint density at radius 2 is 1.79 bits per heavy atom. The van der Waals surface area contributed by atoms with E-state index in [1.807, 2.05) is 18.2 Å². The smallest absolute Gasteiger partial charge is 0.305 e. The number of imide groups is 1. The van der Waals surface area contributed by atoms with Crippen molar-refractivity contribution in [3.63, 3.8) is 0 Å². The quantitative estimate of drug-likeness (QED) is 0.552. The van der Waals surface area contributed by atoms with Gasteiger partial charge >= 0.3 is 6.03 Å². The summed E-state index contributed by atoms with van der Waals surface area (Å²) in [6.07, 6.45) is 4.14. The van der Waals surface area contributed by atoms with Gasteiger partial charge < -0.3 is 4.90 Å². The first-order chi connectivity index (χ1) is 13.1. The Morgan fingerprint density at radius 1 is 1.14 bits per heavy atom. The van der Waals surface area contributed by atoms with E-state index in [2.05, 4.69) is 31.5 Å². The van der Waals surface area contributed by atoms with Crippen LogP contribution in [0.15, 0.2) is 41.6 Å². The van der Waals surface area contributed by atoms with Crippen molar-refractivity contribution in [2.75, 3.05) is 4.90 Å². The average molecular weight is 418 g/mol. The van der Waals surface area contributed by atoms with Gasteiger partial charge in [0.15, 0.2) is 0 Å². The molecule has 0 N–H and O–H groups in total. The fourth-order valence-electron chi connectivity index (χ4n) is 3.36. The molecule has 28 heavy (non-hydrogen) atoms. The largest absolute Gasteiger partial charge is 0.332 e. The summed E-state index contributed by atoms with van der Waals surface area (Å²) in [4.78, 5) is 33.5. The first-order valence-electron chi connectivity index (χ1n) is 9.20. The number of nitrogens with zero attached hydrogens (tertiary/aromatic N) is 3. The lowest BCUT2D eigenvalue weighted by Crippen LogP contribution is -2.43. The van der Waals surface area contributed by atoms with Crippen LogP contribution in [0.25, 0.3) is 0 Å². The van der Waals surface area contributed by atoms with Crippen molar-refractivity contribution in [2.45, 2.75) is 51.1 Å². The Hall–Kier alpha value is -2.05. The molecule has 1 aromatic carbocycles. The van der Waals surface area contributed by atoms with Gasteiger partial charge in [-0.2, -0.15) is 0 Å². The molecule has 2 heterocycles. The van der Waals surface area contributed by atoms with Gasteiger partial charge in [-0.25, -0.2) is 9.69 Å². The summed E-state index contributed by atoms with van der Waals surface area (Å²) in [5.74, 6) is 0.135. The summed E-state index contributed by atoms with van der Waals surface area (Å²) in [7, 11) is 0. The minimum Gasteiger partial charge on any atom is -0.305 e. The number of hydrogen-bond donors (Lipinski definition) is 1. The summed E-state index contributed by atoms with van der Waals surface area (Å²) in [6, 6.07) is 6.91. The van der Waals surface area contributed by atoms with Crippen molar-refractivity contribution in [1.29, 1.82) is 0 Å². The molecule has 1 fully saturated rings. The average Bonchev–Trinajstić information content (AvgIpc) is 2.80. The summed E-state index contributed by atoms with van der Waals surface area (Å²) >= 11 is 11.0. The number of benzene rings is 1. The molecule has 1 aliphatic rings. The molecule has 3 rings (SSSR count). The Morgan fingerprint density at radius 3 is 2.39 bits per heavy atom. The van der Waals surface area contributed by atoms with Crippen molar-refractivity contribution < 1.29 is 9.59 Å². The fourth-order valence-corrected chi connectivity index (χ4v) is 3.91. The SMILES string of the molecule is CC(C)Cc1ccc(N2C(=O)N(Cc3ccncc3)C(C)(C)C2=O)c(S)c1Cl. The third-order valence-electron chi connectivity index (χ3n) is 4.96. The second-order valence-electron chi connectivity index (χ2n) is 7.93. The monoisotopic (exact) mass is 417 g/mol. The van der Waals surface area contributed by atoms with E-state index >= 15 is 0 Å². The zero-order chi connectivity index (χ0) is 20.6. The van der Waals surface area contributed by atoms with Gasteiger partial charge in [0, 0.05) is 23.8 Å². The molecule has 3 amide bonds. The van der Waals surface area contributed by atoms with E-state index in [0.717, 1.165) is 17.5 Å². The predicted octanol–water partition coefficient (Wildman–Crippen LogP) is 4.97. The van der Waals surface area contributed by atoms with Crippen molar-refractivity contribution in [1.82, 2.24) is 9.88 Å². The van der Waals surface area contributed by atoms with Crippen LogP contribution < -0.4 is 4.90 Å². The van der Waals surface area contributed by atoms with Crippen LogP contribution >= 0.6 is 24.2 Å². The number of pyridine rings is 1. The molecular weight excluding hydrogens is 394 g/mol. The molecule has 2 aromatic rings. The number of rotatable bonds is 5. The molecule has 0 bridgehead atoms. The van der Waals surface area contributed by atoms with E-state index in [4.69, 9.17) is 11.6 Å². The number of aromatic nitrogens is 1. The van der Waals surface area contributed by atoms with Crippen LogP contribution in [0.1, 0.15) is 38.8 Å². The minimum absolute atomic E-state index is 0.297. The Bertz CT molecular complexity index is 915. The van der Waals surface area contributed by atoms with Gasteiger partial charge in [0.25, 0.3) is 5.91 Å². The topological polar surface area (TPSA) is 53.5 Å². The number of urea groups is 1. The van der Waals surface area contributed by atoms with Crippen LogP contribution in [0.3, 0.4) is 0 Å². The minimum atomic E-state index is -0.982. The van der Waals surface area contributed by atoms with E-state index in [0.29, 0.717) is 28.1 Å². The summed E-state index contributed by atoms with van der Waals surface area (Å²) in [5, 5.41) is 0.487. The molecule has 0 aliphatic carbocycles. The van der Waals surface area contributed by atoms with Gasteiger partial charge in [-0.15, -0.1) is 12.6 Å². The molecule has 5 nitrogen and oxygen atoms in total. The second kappa shape index (κ2) is 7.76. The van der Waals surface area contributed by atoms with Gasteiger partial charge in [0.1, 0.15) is 5.54 Å². The first-order valence-corrected chi connectivity index (χ1v) is 10.0. The van der Waals surface area contributed by atoms with Crippen LogP contribution in [0.5, 0.6) is 0 Å². The lowest BCUT2D eigenvalue weighted by atomic mass is 10.0. The number of amides is 3. The van der Waals surface area contributed by atoms with E-state index in [1.165, 1.54) is 4.90 Å². The van der Waals surface area contributed by atoms with Crippen LogP contribution in [0.2, 0.25) is 5.02 Å². The molecule has 0 atom stereocenters. The van der Waals surface area contributed by atoms with Crippen LogP contribution in [0, 0.1) is 5.92 Å². The van der Waals surface area contributed by atoms with Gasteiger partial charge in [0.05, 0.1) is 10.7 Å². The molecule has 0 radical (unpaired) electrons. The van der Waals surface area contributed by atoms with Crippen LogP contribution in [0.4, 0.5) is 10.5 Å². The molecule has 0 spiro atoms. The van der Waals surface area contributed by atoms with Gasteiger partial charge in [-0.3, -0.25) is 9.78 Å². The highest BCUT2D eigenvalue weighted by Gasteiger charge is 2.52. The molecule has 1 aliphatic heterocycles.